The van der Waals surface area contributed by atoms with Crippen LogP contribution in [0.2, 0.25) is 0 Å². The maximum absolute atomic E-state index is 12.3. The van der Waals surface area contributed by atoms with E-state index < -0.39 is 0 Å². The molecule has 1 atom stereocenters. The van der Waals surface area contributed by atoms with Crippen LogP contribution in [-0.2, 0) is 13.0 Å². The molecule has 4 rings (SSSR count). The lowest BCUT2D eigenvalue weighted by atomic mass is 10.1. The van der Waals surface area contributed by atoms with Crippen LogP contribution in [0.5, 0.6) is 0 Å². The molecule has 2 aromatic heterocycles. The summed E-state index contributed by atoms with van der Waals surface area (Å²) in [7, 11) is 0. The van der Waals surface area contributed by atoms with Gasteiger partial charge in [-0.05, 0) is 37.6 Å². The Morgan fingerprint density at radius 2 is 2.16 bits per heavy atom. The molecule has 3 aromatic rings. The Morgan fingerprint density at radius 1 is 1.28 bits per heavy atom. The maximum Gasteiger partial charge on any atom is 0.255 e. The highest BCUT2D eigenvalue weighted by atomic mass is 16.1. The number of aromatic nitrogens is 4. The maximum atomic E-state index is 12.3. The molecule has 0 amide bonds. The normalized spacial score (nSPS) is 14.8. The quantitative estimate of drug-likeness (QED) is 0.676. The van der Waals surface area contributed by atoms with Crippen LogP contribution in [0.4, 0.5) is 5.95 Å². The third-order valence-corrected chi connectivity index (χ3v) is 4.45. The summed E-state index contributed by atoms with van der Waals surface area (Å²) in [5, 5.41) is 10.9. The summed E-state index contributed by atoms with van der Waals surface area (Å²) in [6.07, 6.45) is 4.39. The van der Waals surface area contributed by atoms with E-state index in [2.05, 4.69) is 25.7 Å². The summed E-state index contributed by atoms with van der Waals surface area (Å²) in [6.45, 7) is 3.49. The van der Waals surface area contributed by atoms with E-state index in [0.717, 1.165) is 35.5 Å². The molecule has 25 heavy (non-hydrogen) atoms. The molecule has 3 heterocycles. The molecule has 7 heteroatoms. The van der Waals surface area contributed by atoms with Gasteiger partial charge in [0.05, 0.1) is 17.4 Å². The minimum Gasteiger partial charge on any atom is -0.349 e. The molecular formula is C18H20N6O. The van der Waals surface area contributed by atoms with Gasteiger partial charge < -0.3 is 10.6 Å². The van der Waals surface area contributed by atoms with Gasteiger partial charge in [0.2, 0.25) is 5.95 Å². The zero-order valence-electron chi connectivity index (χ0n) is 14.0. The average Bonchev–Trinajstić information content (AvgIpc) is 3.16. The number of aromatic amines is 1. The van der Waals surface area contributed by atoms with Gasteiger partial charge in [-0.15, -0.1) is 0 Å². The lowest BCUT2D eigenvalue weighted by molar-refractivity contribution is 0.618. The van der Waals surface area contributed by atoms with Gasteiger partial charge in [-0.25, -0.2) is 9.67 Å². The third-order valence-electron chi connectivity index (χ3n) is 4.45. The number of hydrogen-bond donors (Lipinski definition) is 3. The van der Waals surface area contributed by atoms with Gasteiger partial charge in [0.25, 0.3) is 5.56 Å². The van der Waals surface area contributed by atoms with Crippen LogP contribution >= 0.6 is 0 Å². The van der Waals surface area contributed by atoms with E-state index in [9.17, 15) is 4.79 Å². The predicted octanol–water partition coefficient (Wildman–Crippen LogP) is 1.77. The minimum absolute atomic E-state index is 0.0434. The fraction of sp³-hybridized carbons (Fsp3) is 0.278. The summed E-state index contributed by atoms with van der Waals surface area (Å²) in [5.74, 6) is 0.496. The van der Waals surface area contributed by atoms with Gasteiger partial charge in [0.15, 0.2) is 0 Å². The van der Waals surface area contributed by atoms with Crippen molar-refractivity contribution in [3.05, 3.63) is 69.9 Å². The molecule has 1 aliphatic rings. The summed E-state index contributed by atoms with van der Waals surface area (Å²) >= 11 is 0. The van der Waals surface area contributed by atoms with Crippen molar-refractivity contribution in [1.29, 1.82) is 0 Å². The Hall–Kier alpha value is -2.93. The van der Waals surface area contributed by atoms with Crippen LogP contribution in [0.3, 0.4) is 0 Å². The number of rotatable bonds is 4. The number of benzene rings is 1. The van der Waals surface area contributed by atoms with E-state index in [4.69, 9.17) is 0 Å². The Bertz CT molecular complexity index is 931. The van der Waals surface area contributed by atoms with Crippen LogP contribution in [0, 0.1) is 0 Å². The van der Waals surface area contributed by atoms with Gasteiger partial charge >= 0.3 is 0 Å². The molecule has 0 spiro atoms. The molecule has 0 saturated heterocycles. The number of para-hydroxylation sites is 1. The van der Waals surface area contributed by atoms with Crippen LogP contribution in [0.15, 0.2) is 47.5 Å². The van der Waals surface area contributed by atoms with E-state index in [1.54, 1.807) is 6.20 Å². The van der Waals surface area contributed by atoms with E-state index in [1.807, 2.05) is 48.1 Å². The lowest BCUT2D eigenvalue weighted by Crippen LogP contribution is -2.31. The number of H-pyrrole nitrogens is 1. The van der Waals surface area contributed by atoms with Crippen molar-refractivity contribution in [3.63, 3.8) is 0 Å². The van der Waals surface area contributed by atoms with Crippen molar-refractivity contribution in [2.45, 2.75) is 25.9 Å². The van der Waals surface area contributed by atoms with Crippen molar-refractivity contribution in [2.75, 3.05) is 11.9 Å². The van der Waals surface area contributed by atoms with E-state index >= 15 is 0 Å². The van der Waals surface area contributed by atoms with Crippen LogP contribution < -0.4 is 16.2 Å². The van der Waals surface area contributed by atoms with Crippen molar-refractivity contribution < 1.29 is 0 Å². The Morgan fingerprint density at radius 3 is 3.00 bits per heavy atom. The molecule has 1 unspecified atom stereocenters. The van der Waals surface area contributed by atoms with Crippen LogP contribution in [0.1, 0.15) is 29.8 Å². The number of fused-ring (bicyclic) bond motifs is 1. The topological polar surface area (TPSA) is 87.6 Å². The summed E-state index contributed by atoms with van der Waals surface area (Å²) in [6, 6.07) is 9.90. The van der Waals surface area contributed by atoms with E-state index in [-0.39, 0.29) is 11.6 Å². The fourth-order valence-corrected chi connectivity index (χ4v) is 3.19. The monoisotopic (exact) mass is 336 g/mol. The number of nitrogens with zero attached hydrogens (tertiary/aromatic N) is 3. The second kappa shape index (κ2) is 6.52. The van der Waals surface area contributed by atoms with E-state index in [1.165, 1.54) is 0 Å². The zero-order valence-corrected chi connectivity index (χ0v) is 14.0. The summed E-state index contributed by atoms with van der Waals surface area (Å²) in [4.78, 5) is 19.7. The lowest BCUT2D eigenvalue weighted by Gasteiger charge is -2.20. The number of nitrogens with one attached hydrogen (secondary N) is 3. The molecule has 3 N–H and O–H groups in total. The standard InChI is InChI=1S/C18H20N6O/c1-12(13-5-2-3-6-16(13)24-10-4-8-20-24)21-18-22-15-11-19-9-7-14(15)17(25)23-18/h2-6,8,10,12,19H,7,9,11H2,1H3,(H2,21,22,23,25). The highest BCUT2D eigenvalue weighted by Crippen LogP contribution is 2.23. The van der Waals surface area contributed by atoms with Crippen molar-refractivity contribution in [1.82, 2.24) is 25.1 Å². The first-order chi connectivity index (χ1) is 12.2. The Labute approximate surface area is 145 Å². The molecule has 1 aromatic carbocycles. The molecule has 1 aliphatic heterocycles. The van der Waals surface area contributed by atoms with Crippen LogP contribution in [0.25, 0.3) is 5.69 Å². The average molecular weight is 336 g/mol. The Kier molecular flexibility index (Phi) is 4.07. The molecule has 128 valence electrons. The molecule has 0 aliphatic carbocycles. The number of anilines is 1. The smallest absolute Gasteiger partial charge is 0.255 e. The Balaban J connectivity index is 1.64. The molecule has 0 radical (unpaired) electrons. The van der Waals surface area contributed by atoms with Crippen LogP contribution in [-0.4, -0.2) is 26.3 Å². The molecule has 0 saturated carbocycles. The second-order valence-electron chi connectivity index (χ2n) is 6.14. The molecule has 0 bridgehead atoms. The summed E-state index contributed by atoms with van der Waals surface area (Å²) < 4.78 is 1.83. The van der Waals surface area contributed by atoms with Crippen molar-refractivity contribution in [3.8, 4) is 5.69 Å². The largest absolute Gasteiger partial charge is 0.349 e. The van der Waals surface area contributed by atoms with Gasteiger partial charge in [-0.1, -0.05) is 18.2 Å². The predicted molar refractivity (Wildman–Crippen MR) is 95.9 cm³/mol. The first-order valence-electron chi connectivity index (χ1n) is 8.40. The van der Waals surface area contributed by atoms with Crippen molar-refractivity contribution in [2.24, 2.45) is 0 Å². The zero-order chi connectivity index (χ0) is 17.2. The van der Waals surface area contributed by atoms with Crippen molar-refractivity contribution >= 4 is 5.95 Å². The third kappa shape index (κ3) is 3.06. The van der Waals surface area contributed by atoms with Gasteiger partial charge in [0.1, 0.15) is 0 Å². The highest BCUT2D eigenvalue weighted by molar-refractivity contribution is 5.45. The molecular weight excluding hydrogens is 316 g/mol. The minimum atomic E-state index is -0.0541. The SMILES string of the molecule is CC(Nc1nc2c(c(=O)[nH]1)CCNC2)c1ccccc1-n1cccn1. The molecule has 0 fully saturated rings. The van der Waals surface area contributed by atoms with Gasteiger partial charge in [-0.3, -0.25) is 9.78 Å². The first-order valence-corrected chi connectivity index (χ1v) is 8.40. The van der Waals surface area contributed by atoms with Gasteiger partial charge in [0, 0.05) is 24.5 Å². The summed E-state index contributed by atoms with van der Waals surface area (Å²) in [5.41, 5.74) is 3.62. The first kappa shape index (κ1) is 15.6. The molecule has 7 nitrogen and oxygen atoms in total. The van der Waals surface area contributed by atoms with Gasteiger partial charge in [-0.2, -0.15) is 5.10 Å². The second-order valence-corrected chi connectivity index (χ2v) is 6.14. The fourth-order valence-electron chi connectivity index (χ4n) is 3.19. The highest BCUT2D eigenvalue weighted by Gasteiger charge is 2.17. The van der Waals surface area contributed by atoms with E-state index in [0.29, 0.717) is 12.5 Å². The number of hydrogen-bond acceptors (Lipinski definition) is 5.